The van der Waals surface area contributed by atoms with E-state index in [9.17, 15) is 0 Å². The Bertz CT molecular complexity index is 169. The van der Waals surface area contributed by atoms with Crippen molar-refractivity contribution in [1.82, 2.24) is 5.32 Å². The van der Waals surface area contributed by atoms with E-state index < -0.39 is 0 Å². The molecule has 0 aliphatic carbocycles. The molecule has 96 valence electrons. The molecule has 1 unspecified atom stereocenters. The van der Waals surface area contributed by atoms with Crippen molar-refractivity contribution in [3.63, 3.8) is 0 Å². The molecule has 0 aromatic heterocycles. The van der Waals surface area contributed by atoms with Gasteiger partial charge in [0.15, 0.2) is 0 Å². The van der Waals surface area contributed by atoms with Crippen LogP contribution in [0.1, 0.15) is 34.1 Å². The normalized spacial score (nSPS) is 22.3. The van der Waals surface area contributed by atoms with Gasteiger partial charge in [-0.25, -0.2) is 0 Å². The van der Waals surface area contributed by atoms with Crippen LogP contribution in [0.5, 0.6) is 0 Å². The highest BCUT2D eigenvalue weighted by Gasteiger charge is 2.18. The fraction of sp³-hybridized carbons (Fsp3) is 1.00. The average molecular weight is 229 g/mol. The molecule has 1 fully saturated rings. The summed E-state index contributed by atoms with van der Waals surface area (Å²) in [6.45, 7) is 12.6. The monoisotopic (exact) mass is 229 g/mol. The van der Waals surface area contributed by atoms with E-state index in [1.807, 2.05) is 0 Å². The zero-order valence-electron chi connectivity index (χ0n) is 11.2. The van der Waals surface area contributed by atoms with Gasteiger partial charge in [0.1, 0.15) is 6.79 Å². The Morgan fingerprint density at radius 2 is 1.88 bits per heavy atom. The third kappa shape index (κ3) is 4.81. The predicted molar refractivity (Wildman–Crippen MR) is 66.3 cm³/mol. The van der Waals surface area contributed by atoms with Crippen LogP contribution in [0.2, 0.25) is 0 Å². The van der Waals surface area contributed by atoms with E-state index in [-0.39, 0.29) is 0 Å². The average Bonchev–Trinajstić information content (AvgIpc) is 2.24. The van der Waals surface area contributed by atoms with Gasteiger partial charge in [-0.15, -0.1) is 0 Å². The SMILES string of the molecule is CC(C)C(CNCC1CCOCO1)C(C)C. The van der Waals surface area contributed by atoms with Crippen molar-refractivity contribution in [3.05, 3.63) is 0 Å². The molecule has 0 amide bonds. The first kappa shape index (κ1) is 13.9. The maximum absolute atomic E-state index is 5.50. The predicted octanol–water partition coefficient (Wildman–Crippen LogP) is 2.27. The Morgan fingerprint density at radius 3 is 2.38 bits per heavy atom. The van der Waals surface area contributed by atoms with Crippen LogP contribution in [0.15, 0.2) is 0 Å². The van der Waals surface area contributed by atoms with Gasteiger partial charge in [-0.3, -0.25) is 0 Å². The van der Waals surface area contributed by atoms with Crippen LogP contribution in [-0.2, 0) is 9.47 Å². The molecule has 16 heavy (non-hydrogen) atoms. The molecule has 0 spiro atoms. The molecule has 1 atom stereocenters. The summed E-state index contributed by atoms with van der Waals surface area (Å²) < 4.78 is 10.6. The van der Waals surface area contributed by atoms with Crippen molar-refractivity contribution in [1.29, 1.82) is 0 Å². The summed E-state index contributed by atoms with van der Waals surface area (Å²) in [6, 6.07) is 0. The number of ether oxygens (including phenoxy) is 2. The molecule has 1 aliphatic heterocycles. The Labute approximate surface area is 99.9 Å². The van der Waals surface area contributed by atoms with Crippen molar-refractivity contribution in [2.45, 2.75) is 40.2 Å². The molecule has 1 aliphatic rings. The van der Waals surface area contributed by atoms with Gasteiger partial charge in [0.05, 0.1) is 12.7 Å². The highest BCUT2D eigenvalue weighted by atomic mass is 16.7. The second-order valence-electron chi connectivity index (χ2n) is 5.41. The zero-order valence-corrected chi connectivity index (χ0v) is 11.2. The van der Waals surface area contributed by atoms with Gasteiger partial charge in [-0.1, -0.05) is 27.7 Å². The van der Waals surface area contributed by atoms with Crippen LogP contribution in [-0.4, -0.2) is 32.6 Å². The highest BCUT2D eigenvalue weighted by molar-refractivity contribution is 4.71. The van der Waals surface area contributed by atoms with E-state index in [4.69, 9.17) is 9.47 Å². The van der Waals surface area contributed by atoms with Crippen LogP contribution in [0.25, 0.3) is 0 Å². The lowest BCUT2D eigenvalue weighted by atomic mass is 9.85. The molecule has 0 saturated carbocycles. The summed E-state index contributed by atoms with van der Waals surface area (Å²) in [5.41, 5.74) is 0. The van der Waals surface area contributed by atoms with Crippen molar-refractivity contribution in [2.24, 2.45) is 17.8 Å². The second kappa shape index (κ2) is 7.25. The quantitative estimate of drug-likeness (QED) is 0.758. The molecule has 0 aromatic rings. The molecular formula is C13H27NO2. The molecule has 1 saturated heterocycles. The molecule has 3 heteroatoms. The van der Waals surface area contributed by atoms with Gasteiger partial charge in [-0.05, 0) is 30.7 Å². The van der Waals surface area contributed by atoms with E-state index in [1.165, 1.54) is 0 Å². The van der Waals surface area contributed by atoms with Gasteiger partial charge >= 0.3 is 0 Å². The number of hydrogen-bond acceptors (Lipinski definition) is 3. The van der Waals surface area contributed by atoms with Gasteiger partial charge in [0.25, 0.3) is 0 Å². The van der Waals surface area contributed by atoms with Crippen LogP contribution < -0.4 is 5.32 Å². The van der Waals surface area contributed by atoms with E-state index in [0.29, 0.717) is 12.9 Å². The molecule has 0 bridgehead atoms. The Balaban J connectivity index is 2.16. The number of nitrogens with one attached hydrogen (secondary N) is 1. The lowest BCUT2D eigenvalue weighted by Crippen LogP contribution is -2.38. The second-order valence-corrected chi connectivity index (χ2v) is 5.41. The van der Waals surface area contributed by atoms with Crippen LogP contribution in [0.4, 0.5) is 0 Å². The maximum atomic E-state index is 5.50. The third-order valence-corrected chi connectivity index (χ3v) is 3.44. The zero-order chi connectivity index (χ0) is 12.0. The fourth-order valence-corrected chi connectivity index (χ4v) is 2.31. The fourth-order valence-electron chi connectivity index (χ4n) is 2.31. The minimum Gasteiger partial charge on any atom is -0.355 e. The van der Waals surface area contributed by atoms with E-state index in [1.54, 1.807) is 0 Å². The molecule has 1 rings (SSSR count). The van der Waals surface area contributed by atoms with Gasteiger partial charge < -0.3 is 14.8 Å². The minimum atomic E-state index is 0.341. The maximum Gasteiger partial charge on any atom is 0.147 e. The lowest BCUT2D eigenvalue weighted by molar-refractivity contribution is -0.137. The molecule has 3 nitrogen and oxygen atoms in total. The van der Waals surface area contributed by atoms with E-state index >= 15 is 0 Å². The first-order valence-electron chi connectivity index (χ1n) is 6.51. The van der Waals surface area contributed by atoms with Gasteiger partial charge in [0.2, 0.25) is 0 Å². The number of rotatable bonds is 6. The van der Waals surface area contributed by atoms with Gasteiger partial charge in [0, 0.05) is 6.54 Å². The van der Waals surface area contributed by atoms with Crippen molar-refractivity contribution in [2.75, 3.05) is 26.5 Å². The van der Waals surface area contributed by atoms with E-state index in [2.05, 4.69) is 33.0 Å². The molecule has 0 radical (unpaired) electrons. The summed E-state index contributed by atoms with van der Waals surface area (Å²) in [6.07, 6.45) is 1.36. The van der Waals surface area contributed by atoms with Crippen molar-refractivity contribution >= 4 is 0 Å². The molecule has 0 aromatic carbocycles. The first-order chi connectivity index (χ1) is 7.61. The minimum absolute atomic E-state index is 0.341. The Morgan fingerprint density at radius 1 is 1.19 bits per heavy atom. The Hall–Kier alpha value is -0.120. The van der Waals surface area contributed by atoms with Crippen molar-refractivity contribution in [3.8, 4) is 0 Å². The topological polar surface area (TPSA) is 30.5 Å². The van der Waals surface area contributed by atoms with E-state index in [0.717, 1.165) is 43.9 Å². The largest absolute Gasteiger partial charge is 0.355 e. The van der Waals surface area contributed by atoms with Gasteiger partial charge in [-0.2, -0.15) is 0 Å². The van der Waals surface area contributed by atoms with Crippen LogP contribution in [0.3, 0.4) is 0 Å². The Kier molecular flexibility index (Phi) is 6.32. The first-order valence-corrected chi connectivity index (χ1v) is 6.51. The smallest absolute Gasteiger partial charge is 0.147 e. The number of hydrogen-bond donors (Lipinski definition) is 1. The van der Waals surface area contributed by atoms with Crippen molar-refractivity contribution < 1.29 is 9.47 Å². The summed E-state index contributed by atoms with van der Waals surface area (Å²) in [5, 5.41) is 3.54. The standard InChI is InChI=1S/C13H27NO2/c1-10(2)13(11(3)4)8-14-7-12-5-6-15-9-16-12/h10-14H,5-9H2,1-4H3. The summed E-state index contributed by atoms with van der Waals surface area (Å²) in [7, 11) is 0. The lowest BCUT2D eigenvalue weighted by Gasteiger charge is -2.27. The van der Waals surface area contributed by atoms with Crippen LogP contribution in [0, 0.1) is 17.8 Å². The molecule has 1 heterocycles. The third-order valence-electron chi connectivity index (χ3n) is 3.44. The summed E-state index contributed by atoms with van der Waals surface area (Å²) in [4.78, 5) is 0. The molecular weight excluding hydrogens is 202 g/mol. The van der Waals surface area contributed by atoms with Crippen LogP contribution >= 0.6 is 0 Å². The highest BCUT2D eigenvalue weighted by Crippen LogP contribution is 2.19. The summed E-state index contributed by atoms with van der Waals surface area (Å²) in [5.74, 6) is 2.23. The molecule has 1 N–H and O–H groups in total. The summed E-state index contributed by atoms with van der Waals surface area (Å²) >= 11 is 0.